The molecule has 20 heavy (non-hydrogen) atoms. The molecule has 0 heterocycles. The summed E-state index contributed by atoms with van der Waals surface area (Å²) in [6.07, 6.45) is -0.514. The fourth-order valence-electron chi connectivity index (χ4n) is 1.38. The van der Waals surface area contributed by atoms with Crippen molar-refractivity contribution in [3.05, 3.63) is 27.3 Å². The lowest BCUT2D eigenvalue weighted by Crippen LogP contribution is -2.27. The minimum absolute atomic E-state index is 0.178. The monoisotopic (exact) mass is 391 g/mol. The molecular formula is C14H18INO4. The minimum atomic E-state index is -0.551. The highest BCUT2D eigenvalue weighted by molar-refractivity contribution is 14.1. The average molecular weight is 391 g/mol. The van der Waals surface area contributed by atoms with Gasteiger partial charge in [0.2, 0.25) is 0 Å². The molecule has 1 N–H and O–H groups in total. The second kappa shape index (κ2) is 6.92. The van der Waals surface area contributed by atoms with Crippen LogP contribution in [0.15, 0.2) is 18.2 Å². The topological polar surface area (TPSA) is 64.6 Å². The van der Waals surface area contributed by atoms with Gasteiger partial charge in [0.15, 0.2) is 0 Å². The quantitative estimate of drug-likeness (QED) is 0.631. The Balaban J connectivity index is 2.78. The first-order valence-corrected chi connectivity index (χ1v) is 7.17. The number of esters is 1. The number of anilines is 1. The molecule has 0 bridgehead atoms. The van der Waals surface area contributed by atoms with E-state index in [1.165, 1.54) is 6.92 Å². The predicted molar refractivity (Wildman–Crippen MR) is 84.5 cm³/mol. The van der Waals surface area contributed by atoms with E-state index in [1.54, 1.807) is 32.9 Å². The maximum atomic E-state index is 11.7. The molecule has 0 aliphatic heterocycles. The van der Waals surface area contributed by atoms with Crippen molar-refractivity contribution in [1.29, 1.82) is 0 Å². The molecule has 0 radical (unpaired) electrons. The van der Waals surface area contributed by atoms with Crippen LogP contribution < -0.4 is 5.32 Å². The van der Waals surface area contributed by atoms with E-state index >= 15 is 0 Å². The number of halogens is 1. The van der Waals surface area contributed by atoms with Crippen LogP contribution in [0.3, 0.4) is 0 Å². The fourth-order valence-corrected chi connectivity index (χ4v) is 2.03. The van der Waals surface area contributed by atoms with Gasteiger partial charge in [-0.1, -0.05) is 12.1 Å². The van der Waals surface area contributed by atoms with Gasteiger partial charge in [-0.25, -0.2) is 4.79 Å². The molecule has 110 valence electrons. The second-order valence-corrected chi connectivity index (χ2v) is 6.26. The van der Waals surface area contributed by atoms with E-state index in [4.69, 9.17) is 9.47 Å². The van der Waals surface area contributed by atoms with E-state index in [1.807, 2.05) is 6.07 Å². The number of benzene rings is 1. The first-order chi connectivity index (χ1) is 9.19. The van der Waals surface area contributed by atoms with E-state index < -0.39 is 11.7 Å². The van der Waals surface area contributed by atoms with E-state index in [2.05, 4.69) is 27.9 Å². The van der Waals surface area contributed by atoms with Crippen molar-refractivity contribution in [2.45, 2.75) is 39.9 Å². The SMILES string of the molecule is CC(=O)OCc1cccc(NC(=O)OC(C)(C)C)c1I. The van der Waals surface area contributed by atoms with E-state index in [0.717, 1.165) is 9.13 Å². The van der Waals surface area contributed by atoms with Crippen molar-refractivity contribution in [2.75, 3.05) is 5.32 Å². The van der Waals surface area contributed by atoms with Crippen LogP contribution in [0.1, 0.15) is 33.3 Å². The molecule has 1 aromatic rings. The number of ether oxygens (including phenoxy) is 2. The standard InChI is InChI=1S/C14H18INO4/c1-9(17)19-8-10-6-5-7-11(12(10)15)16-13(18)20-14(2,3)4/h5-7H,8H2,1-4H3,(H,16,18). The highest BCUT2D eigenvalue weighted by Crippen LogP contribution is 2.23. The summed E-state index contributed by atoms with van der Waals surface area (Å²) >= 11 is 2.10. The zero-order valence-corrected chi connectivity index (χ0v) is 14.1. The Morgan fingerprint density at radius 2 is 1.95 bits per heavy atom. The maximum Gasteiger partial charge on any atom is 0.412 e. The average Bonchev–Trinajstić information content (AvgIpc) is 2.27. The highest BCUT2D eigenvalue weighted by Gasteiger charge is 2.17. The van der Waals surface area contributed by atoms with Crippen molar-refractivity contribution < 1.29 is 19.1 Å². The van der Waals surface area contributed by atoms with Gasteiger partial charge in [0.1, 0.15) is 12.2 Å². The Hall–Kier alpha value is -1.31. The summed E-state index contributed by atoms with van der Waals surface area (Å²) < 4.78 is 11.0. The molecule has 0 fully saturated rings. The molecule has 0 saturated carbocycles. The number of amides is 1. The molecular weight excluding hydrogens is 373 g/mol. The van der Waals surface area contributed by atoms with Gasteiger partial charge in [-0.05, 0) is 49.4 Å². The zero-order chi connectivity index (χ0) is 15.3. The summed E-state index contributed by atoms with van der Waals surface area (Å²) in [4.78, 5) is 22.6. The van der Waals surface area contributed by atoms with Crippen LogP contribution in [0.4, 0.5) is 10.5 Å². The second-order valence-electron chi connectivity index (χ2n) is 5.19. The van der Waals surface area contributed by atoms with Gasteiger partial charge in [0, 0.05) is 16.1 Å². The lowest BCUT2D eigenvalue weighted by Gasteiger charge is -2.20. The van der Waals surface area contributed by atoms with Crippen LogP contribution in [-0.4, -0.2) is 17.7 Å². The molecule has 0 unspecified atom stereocenters. The van der Waals surface area contributed by atoms with Crippen LogP contribution in [-0.2, 0) is 20.9 Å². The van der Waals surface area contributed by atoms with E-state index in [9.17, 15) is 9.59 Å². The molecule has 0 atom stereocenters. The van der Waals surface area contributed by atoms with Gasteiger partial charge >= 0.3 is 12.1 Å². The van der Waals surface area contributed by atoms with Gasteiger partial charge < -0.3 is 9.47 Å². The van der Waals surface area contributed by atoms with Crippen molar-refractivity contribution in [3.63, 3.8) is 0 Å². The van der Waals surface area contributed by atoms with Gasteiger partial charge in [-0.15, -0.1) is 0 Å². The lowest BCUT2D eigenvalue weighted by molar-refractivity contribution is -0.142. The Bertz CT molecular complexity index is 508. The number of nitrogens with one attached hydrogen (secondary N) is 1. The van der Waals surface area contributed by atoms with Gasteiger partial charge in [-0.3, -0.25) is 10.1 Å². The summed E-state index contributed by atoms with van der Waals surface area (Å²) in [7, 11) is 0. The van der Waals surface area contributed by atoms with E-state index in [-0.39, 0.29) is 12.6 Å². The fraction of sp³-hybridized carbons (Fsp3) is 0.429. The van der Waals surface area contributed by atoms with Gasteiger partial charge in [0.25, 0.3) is 0 Å². The Morgan fingerprint density at radius 3 is 2.50 bits per heavy atom. The molecule has 0 aliphatic carbocycles. The first-order valence-electron chi connectivity index (χ1n) is 6.10. The molecule has 1 aromatic carbocycles. The highest BCUT2D eigenvalue weighted by atomic mass is 127. The molecule has 0 aliphatic rings. The van der Waals surface area contributed by atoms with Crippen molar-refractivity contribution in [1.82, 2.24) is 0 Å². The number of hydrogen-bond donors (Lipinski definition) is 1. The molecule has 0 aromatic heterocycles. The van der Waals surface area contributed by atoms with E-state index in [0.29, 0.717) is 5.69 Å². The summed E-state index contributed by atoms with van der Waals surface area (Å²) in [5, 5.41) is 2.69. The third-order valence-electron chi connectivity index (χ3n) is 2.15. The summed E-state index contributed by atoms with van der Waals surface area (Å²) in [5.74, 6) is -0.341. The van der Waals surface area contributed by atoms with Gasteiger partial charge in [0.05, 0.1) is 5.69 Å². The number of carbonyl (C=O) groups excluding carboxylic acids is 2. The maximum absolute atomic E-state index is 11.7. The summed E-state index contributed by atoms with van der Waals surface area (Å²) in [6, 6.07) is 5.39. The minimum Gasteiger partial charge on any atom is -0.461 e. The summed E-state index contributed by atoms with van der Waals surface area (Å²) in [6.45, 7) is 6.94. The predicted octanol–water partition coefficient (Wildman–Crippen LogP) is 3.70. The molecule has 0 saturated heterocycles. The smallest absolute Gasteiger partial charge is 0.412 e. The van der Waals surface area contributed by atoms with Crippen molar-refractivity contribution in [3.8, 4) is 0 Å². The van der Waals surface area contributed by atoms with Crippen LogP contribution in [0.25, 0.3) is 0 Å². The molecule has 6 heteroatoms. The number of hydrogen-bond acceptors (Lipinski definition) is 4. The van der Waals surface area contributed by atoms with Crippen molar-refractivity contribution in [2.24, 2.45) is 0 Å². The largest absolute Gasteiger partial charge is 0.461 e. The first kappa shape index (κ1) is 16.7. The lowest BCUT2D eigenvalue weighted by atomic mass is 10.2. The van der Waals surface area contributed by atoms with Crippen LogP contribution in [0.2, 0.25) is 0 Å². The van der Waals surface area contributed by atoms with Crippen LogP contribution >= 0.6 is 22.6 Å². The number of rotatable bonds is 3. The Morgan fingerprint density at radius 1 is 1.30 bits per heavy atom. The Kier molecular flexibility index (Phi) is 5.79. The third-order valence-corrected chi connectivity index (χ3v) is 3.42. The van der Waals surface area contributed by atoms with Crippen LogP contribution in [0.5, 0.6) is 0 Å². The van der Waals surface area contributed by atoms with Crippen molar-refractivity contribution >= 4 is 40.3 Å². The van der Waals surface area contributed by atoms with Crippen LogP contribution in [0, 0.1) is 3.57 Å². The molecule has 5 nitrogen and oxygen atoms in total. The Labute approximate surface area is 132 Å². The normalized spacial score (nSPS) is 10.8. The zero-order valence-electron chi connectivity index (χ0n) is 12.0. The molecule has 1 rings (SSSR count). The molecule has 1 amide bonds. The number of carbonyl (C=O) groups is 2. The third kappa shape index (κ3) is 5.77. The summed E-state index contributed by atoms with van der Waals surface area (Å²) in [5.41, 5.74) is 0.907. The van der Waals surface area contributed by atoms with Gasteiger partial charge in [-0.2, -0.15) is 0 Å². The molecule has 0 spiro atoms.